The number of nitrogens with one attached hydrogen (secondary N) is 1. The molecule has 28 heavy (non-hydrogen) atoms. The van der Waals surface area contributed by atoms with Crippen LogP contribution >= 0.6 is 11.8 Å². The van der Waals surface area contributed by atoms with Crippen LogP contribution in [0, 0.1) is 6.92 Å². The minimum absolute atomic E-state index is 0.0291. The van der Waals surface area contributed by atoms with Gasteiger partial charge in [-0.05, 0) is 32.0 Å². The number of hydrogen-bond donors (Lipinski definition) is 3. The number of hydrazone groups is 1. The van der Waals surface area contributed by atoms with Gasteiger partial charge in [-0.15, -0.1) is 0 Å². The standard InChI is InChI=1S/C18H20N4O5S/c1-10-5-17(26)21(18(27)22(10)12-8-28-9-12)7-16(25)20-19-11(2)14-6-13(23)3-4-15(14)24/h3-6,12,23-24H,7-9H2,1-2H3,(H,20,25). The molecule has 148 valence electrons. The maximum atomic E-state index is 12.7. The molecular weight excluding hydrogens is 384 g/mol. The third kappa shape index (κ3) is 3.96. The van der Waals surface area contributed by atoms with E-state index in [0.29, 0.717) is 5.69 Å². The summed E-state index contributed by atoms with van der Waals surface area (Å²) in [4.78, 5) is 37.1. The fourth-order valence-electron chi connectivity index (χ4n) is 2.86. The van der Waals surface area contributed by atoms with Gasteiger partial charge < -0.3 is 10.2 Å². The molecule has 2 aromatic rings. The Hall–Kier alpha value is -3.01. The van der Waals surface area contributed by atoms with E-state index in [9.17, 15) is 24.6 Å². The summed E-state index contributed by atoms with van der Waals surface area (Å²) in [6, 6.07) is 5.30. The molecule has 1 aromatic carbocycles. The topological polar surface area (TPSA) is 126 Å². The minimum atomic E-state index is -0.656. The Bertz CT molecular complexity index is 1070. The van der Waals surface area contributed by atoms with Gasteiger partial charge in [0.1, 0.15) is 18.0 Å². The lowest BCUT2D eigenvalue weighted by molar-refractivity contribution is -0.121. The van der Waals surface area contributed by atoms with Crippen LogP contribution in [0.1, 0.15) is 24.2 Å². The number of aromatic nitrogens is 2. The monoisotopic (exact) mass is 404 g/mol. The number of carbonyl (C=O) groups excluding carboxylic acids is 1. The lowest BCUT2D eigenvalue weighted by Gasteiger charge is -2.29. The second kappa shape index (κ2) is 7.93. The van der Waals surface area contributed by atoms with Crippen LogP contribution in [0.5, 0.6) is 11.5 Å². The van der Waals surface area contributed by atoms with Crippen LogP contribution in [0.2, 0.25) is 0 Å². The molecule has 1 fully saturated rings. The Morgan fingerprint density at radius 3 is 2.64 bits per heavy atom. The molecule has 0 aliphatic carbocycles. The molecule has 0 atom stereocenters. The van der Waals surface area contributed by atoms with Crippen molar-refractivity contribution < 1.29 is 15.0 Å². The number of phenols is 2. The zero-order valence-electron chi connectivity index (χ0n) is 15.4. The first kappa shape index (κ1) is 19.7. The molecule has 0 unspecified atom stereocenters. The summed E-state index contributed by atoms with van der Waals surface area (Å²) < 4.78 is 2.42. The van der Waals surface area contributed by atoms with Gasteiger partial charge in [-0.3, -0.25) is 18.7 Å². The molecular formula is C18H20N4O5S. The van der Waals surface area contributed by atoms with Crippen molar-refractivity contribution in [3.8, 4) is 11.5 Å². The van der Waals surface area contributed by atoms with Crippen LogP contribution in [0.25, 0.3) is 0 Å². The van der Waals surface area contributed by atoms with Crippen LogP contribution in [0.15, 0.2) is 39.0 Å². The zero-order valence-corrected chi connectivity index (χ0v) is 16.2. The maximum absolute atomic E-state index is 12.7. The Balaban J connectivity index is 1.79. The number of nitrogens with zero attached hydrogens (tertiary/aromatic N) is 3. The first-order valence-electron chi connectivity index (χ1n) is 8.54. The highest BCUT2D eigenvalue weighted by molar-refractivity contribution is 8.00. The molecule has 9 nitrogen and oxygen atoms in total. The van der Waals surface area contributed by atoms with Crippen molar-refractivity contribution in [1.82, 2.24) is 14.6 Å². The zero-order chi connectivity index (χ0) is 20.4. The second-order valence-corrected chi connectivity index (χ2v) is 7.56. The van der Waals surface area contributed by atoms with E-state index >= 15 is 0 Å². The van der Waals surface area contributed by atoms with Gasteiger partial charge in [0.05, 0.1) is 11.8 Å². The average molecular weight is 404 g/mol. The SMILES string of the molecule is CC(=NNC(=O)Cn1c(=O)cc(C)n(C2CSC2)c1=O)c1cc(O)ccc1O. The smallest absolute Gasteiger partial charge is 0.331 e. The Morgan fingerprint density at radius 2 is 2.00 bits per heavy atom. The number of thioether (sulfide) groups is 1. The molecule has 2 heterocycles. The highest BCUT2D eigenvalue weighted by atomic mass is 32.2. The Morgan fingerprint density at radius 1 is 1.29 bits per heavy atom. The molecule has 0 radical (unpaired) electrons. The average Bonchev–Trinajstić information content (AvgIpc) is 2.60. The van der Waals surface area contributed by atoms with E-state index < -0.39 is 23.7 Å². The first-order chi connectivity index (χ1) is 13.3. The van der Waals surface area contributed by atoms with Gasteiger partial charge in [-0.25, -0.2) is 10.2 Å². The maximum Gasteiger partial charge on any atom is 0.331 e. The largest absolute Gasteiger partial charge is 0.508 e. The van der Waals surface area contributed by atoms with Crippen LogP contribution in [0.3, 0.4) is 0 Å². The highest BCUT2D eigenvalue weighted by Crippen LogP contribution is 2.28. The van der Waals surface area contributed by atoms with Crippen molar-refractivity contribution in [1.29, 1.82) is 0 Å². The molecule has 10 heteroatoms. The fourth-order valence-corrected chi connectivity index (χ4v) is 3.61. The Labute approximate surface area is 164 Å². The molecule has 1 saturated heterocycles. The number of amides is 1. The number of aryl methyl sites for hydroxylation is 1. The molecule has 0 spiro atoms. The number of carbonyl (C=O) groups is 1. The van der Waals surface area contributed by atoms with Gasteiger partial charge in [0.15, 0.2) is 0 Å². The van der Waals surface area contributed by atoms with Gasteiger partial charge in [0.2, 0.25) is 0 Å². The van der Waals surface area contributed by atoms with Crippen LogP contribution < -0.4 is 16.7 Å². The van der Waals surface area contributed by atoms with E-state index in [0.717, 1.165) is 16.1 Å². The summed E-state index contributed by atoms with van der Waals surface area (Å²) in [5, 5.41) is 23.2. The third-order valence-electron chi connectivity index (χ3n) is 4.42. The first-order valence-corrected chi connectivity index (χ1v) is 9.69. The van der Waals surface area contributed by atoms with Crippen molar-refractivity contribution in [2.24, 2.45) is 5.10 Å². The van der Waals surface area contributed by atoms with Gasteiger partial charge >= 0.3 is 5.69 Å². The minimum Gasteiger partial charge on any atom is -0.508 e. The lowest BCUT2D eigenvalue weighted by atomic mass is 10.1. The van der Waals surface area contributed by atoms with Gasteiger partial charge in [0, 0.05) is 28.8 Å². The van der Waals surface area contributed by atoms with Crippen LogP contribution in [-0.4, -0.2) is 42.5 Å². The van der Waals surface area contributed by atoms with Crippen molar-refractivity contribution in [3.05, 3.63) is 56.4 Å². The van der Waals surface area contributed by atoms with Crippen molar-refractivity contribution in [2.75, 3.05) is 11.5 Å². The Kier molecular flexibility index (Phi) is 5.59. The number of aromatic hydroxyl groups is 2. The summed E-state index contributed by atoms with van der Waals surface area (Å²) in [6.07, 6.45) is 0. The molecule has 1 aliphatic rings. The van der Waals surface area contributed by atoms with Gasteiger partial charge in [0.25, 0.3) is 11.5 Å². The van der Waals surface area contributed by atoms with E-state index in [1.807, 2.05) is 0 Å². The molecule has 3 rings (SSSR count). The second-order valence-electron chi connectivity index (χ2n) is 6.49. The summed E-state index contributed by atoms with van der Waals surface area (Å²) in [7, 11) is 0. The fraction of sp³-hybridized carbons (Fsp3) is 0.333. The van der Waals surface area contributed by atoms with Crippen molar-refractivity contribution in [3.63, 3.8) is 0 Å². The number of phenolic OH excluding ortho intramolecular Hbond substituents is 2. The highest BCUT2D eigenvalue weighted by Gasteiger charge is 2.24. The third-order valence-corrected chi connectivity index (χ3v) is 5.66. The van der Waals surface area contributed by atoms with Gasteiger partial charge in [-0.1, -0.05) is 0 Å². The number of rotatable bonds is 5. The van der Waals surface area contributed by atoms with E-state index in [1.165, 1.54) is 31.2 Å². The summed E-state index contributed by atoms with van der Waals surface area (Å²) >= 11 is 1.71. The summed E-state index contributed by atoms with van der Waals surface area (Å²) in [5.41, 5.74) is 2.27. The van der Waals surface area contributed by atoms with Crippen LogP contribution in [-0.2, 0) is 11.3 Å². The molecule has 1 aliphatic heterocycles. The predicted molar refractivity (Wildman–Crippen MR) is 106 cm³/mol. The molecule has 0 bridgehead atoms. The number of benzene rings is 1. The number of hydrogen-bond acceptors (Lipinski definition) is 7. The normalized spacial score (nSPS) is 14.6. The molecule has 0 saturated carbocycles. The van der Waals surface area contributed by atoms with Crippen molar-refractivity contribution >= 4 is 23.4 Å². The van der Waals surface area contributed by atoms with E-state index in [1.54, 1.807) is 23.3 Å². The van der Waals surface area contributed by atoms with Gasteiger partial charge in [-0.2, -0.15) is 16.9 Å². The van der Waals surface area contributed by atoms with E-state index in [-0.39, 0.29) is 28.8 Å². The lowest BCUT2D eigenvalue weighted by Crippen LogP contribution is -2.46. The summed E-state index contributed by atoms with van der Waals surface area (Å²) in [5.74, 6) is 0.764. The van der Waals surface area contributed by atoms with Crippen LogP contribution in [0.4, 0.5) is 0 Å². The van der Waals surface area contributed by atoms with E-state index in [2.05, 4.69) is 10.5 Å². The predicted octanol–water partition coefficient (Wildman–Crippen LogP) is 0.558. The summed E-state index contributed by atoms with van der Waals surface area (Å²) in [6.45, 7) is 2.76. The molecule has 1 amide bonds. The quantitative estimate of drug-likeness (QED) is 0.380. The van der Waals surface area contributed by atoms with Crippen molar-refractivity contribution in [2.45, 2.75) is 26.4 Å². The molecule has 3 N–H and O–H groups in total. The van der Waals surface area contributed by atoms with E-state index in [4.69, 9.17) is 0 Å². The molecule has 1 aromatic heterocycles.